The smallest absolute Gasteiger partial charge is 0.174 e. The Morgan fingerprint density at radius 2 is 2.29 bits per heavy atom. The van der Waals surface area contributed by atoms with Gasteiger partial charge in [-0.05, 0) is 12.1 Å². The molecular weight excluding hydrogens is 276 g/mol. The Labute approximate surface area is 111 Å². The maximum Gasteiger partial charge on any atom is 0.174 e. The monoisotopic (exact) mass is 282 g/mol. The van der Waals surface area contributed by atoms with Gasteiger partial charge in [0.1, 0.15) is 11.2 Å². The summed E-state index contributed by atoms with van der Waals surface area (Å²) >= 11 is 9.09. The van der Waals surface area contributed by atoms with Crippen molar-refractivity contribution in [2.24, 2.45) is 0 Å². The number of aromatic nitrogens is 4. The Morgan fingerprint density at radius 1 is 1.35 bits per heavy atom. The lowest BCUT2D eigenvalue weighted by Gasteiger charge is -1.91. The molecule has 0 fully saturated rings. The molecule has 17 heavy (non-hydrogen) atoms. The molecule has 0 aliphatic carbocycles. The fourth-order valence-electron chi connectivity index (χ4n) is 1.45. The minimum atomic E-state index is 0.707. The van der Waals surface area contributed by atoms with Crippen molar-refractivity contribution in [1.82, 2.24) is 19.6 Å². The van der Waals surface area contributed by atoms with E-state index in [9.17, 15) is 0 Å². The van der Waals surface area contributed by atoms with Crippen LogP contribution in [0.3, 0.4) is 0 Å². The number of nitrogens with zero attached hydrogens (tertiary/aromatic N) is 4. The first kappa shape index (κ1) is 11.0. The van der Waals surface area contributed by atoms with Gasteiger partial charge in [-0.3, -0.25) is 0 Å². The van der Waals surface area contributed by atoms with Gasteiger partial charge in [0.2, 0.25) is 0 Å². The molecule has 0 aromatic carbocycles. The van der Waals surface area contributed by atoms with Crippen LogP contribution in [0.25, 0.3) is 5.65 Å². The summed E-state index contributed by atoms with van der Waals surface area (Å²) < 4.78 is 2.89. The van der Waals surface area contributed by atoms with Crippen molar-refractivity contribution in [3.8, 4) is 0 Å². The van der Waals surface area contributed by atoms with Crippen molar-refractivity contribution in [1.29, 1.82) is 0 Å². The highest BCUT2D eigenvalue weighted by Gasteiger charge is 2.04. The van der Waals surface area contributed by atoms with Crippen LogP contribution in [0.15, 0.2) is 34.4 Å². The maximum atomic E-state index is 5.92. The van der Waals surface area contributed by atoms with Gasteiger partial charge >= 0.3 is 0 Å². The first-order valence-electron chi connectivity index (χ1n) is 4.83. The second kappa shape index (κ2) is 4.64. The highest BCUT2D eigenvalue weighted by molar-refractivity contribution is 8.00. The molecule has 0 atom stereocenters. The van der Waals surface area contributed by atoms with Crippen LogP contribution in [-0.2, 0) is 5.75 Å². The lowest BCUT2D eigenvalue weighted by atomic mass is 10.5. The predicted octanol–water partition coefficient (Wildman–Crippen LogP) is 3.13. The summed E-state index contributed by atoms with van der Waals surface area (Å²) in [6, 6.07) is 3.74. The molecule has 0 amide bonds. The number of pyridine rings is 1. The summed E-state index contributed by atoms with van der Waals surface area (Å²) in [5, 5.41) is 8.48. The molecule has 86 valence electrons. The van der Waals surface area contributed by atoms with E-state index in [2.05, 4.69) is 15.2 Å². The molecule has 0 spiro atoms. The van der Waals surface area contributed by atoms with Crippen molar-refractivity contribution in [2.75, 3.05) is 0 Å². The van der Waals surface area contributed by atoms with Crippen LogP contribution in [0.1, 0.15) is 5.69 Å². The molecule has 3 heterocycles. The van der Waals surface area contributed by atoms with Crippen molar-refractivity contribution in [3.05, 3.63) is 40.8 Å². The summed E-state index contributed by atoms with van der Waals surface area (Å²) in [5.74, 6) is 0.786. The molecule has 7 heteroatoms. The SMILES string of the molecule is Clc1ccc2nc(CSc3nncs3)cn2c1. The van der Waals surface area contributed by atoms with E-state index in [0.29, 0.717) is 5.02 Å². The van der Waals surface area contributed by atoms with E-state index < -0.39 is 0 Å². The number of halogens is 1. The number of imidazole rings is 1. The van der Waals surface area contributed by atoms with Gasteiger partial charge in [-0.1, -0.05) is 34.7 Å². The first-order valence-corrected chi connectivity index (χ1v) is 7.08. The van der Waals surface area contributed by atoms with E-state index in [4.69, 9.17) is 11.6 Å². The van der Waals surface area contributed by atoms with Crippen LogP contribution in [0.4, 0.5) is 0 Å². The summed E-state index contributed by atoms with van der Waals surface area (Å²) in [5.41, 5.74) is 3.64. The molecule has 3 aromatic rings. The Bertz CT molecular complexity index is 635. The molecule has 0 radical (unpaired) electrons. The van der Waals surface area contributed by atoms with Crippen LogP contribution in [0.5, 0.6) is 0 Å². The van der Waals surface area contributed by atoms with Crippen molar-refractivity contribution >= 4 is 40.3 Å². The Hall–Kier alpha value is -1.11. The largest absolute Gasteiger partial charge is 0.305 e. The predicted molar refractivity (Wildman–Crippen MR) is 69.7 cm³/mol. The van der Waals surface area contributed by atoms with Gasteiger partial charge in [0.25, 0.3) is 0 Å². The van der Waals surface area contributed by atoms with Gasteiger partial charge < -0.3 is 4.40 Å². The number of rotatable bonds is 3. The molecule has 0 saturated heterocycles. The molecule has 3 rings (SSSR count). The van der Waals surface area contributed by atoms with E-state index in [1.165, 1.54) is 11.3 Å². The minimum absolute atomic E-state index is 0.707. The zero-order valence-corrected chi connectivity index (χ0v) is 11.0. The third-order valence-electron chi connectivity index (χ3n) is 2.15. The van der Waals surface area contributed by atoms with Crippen LogP contribution in [0.2, 0.25) is 5.02 Å². The van der Waals surface area contributed by atoms with Gasteiger partial charge in [0.15, 0.2) is 4.34 Å². The molecule has 0 saturated carbocycles. The molecule has 0 N–H and O–H groups in total. The summed E-state index contributed by atoms with van der Waals surface area (Å²) in [6.07, 6.45) is 3.83. The van der Waals surface area contributed by atoms with Crippen LogP contribution in [0, 0.1) is 0 Å². The lowest BCUT2D eigenvalue weighted by molar-refractivity contribution is 1.01. The maximum absolute atomic E-state index is 5.92. The Balaban J connectivity index is 1.81. The average Bonchev–Trinajstić information content (AvgIpc) is 2.94. The highest BCUT2D eigenvalue weighted by Crippen LogP contribution is 2.23. The summed E-state index contributed by atoms with van der Waals surface area (Å²) in [7, 11) is 0. The third kappa shape index (κ3) is 2.43. The van der Waals surface area contributed by atoms with Gasteiger partial charge in [-0.2, -0.15) is 0 Å². The number of fused-ring (bicyclic) bond motifs is 1. The fourth-order valence-corrected chi connectivity index (χ4v) is 2.99. The van der Waals surface area contributed by atoms with Crippen molar-refractivity contribution in [2.45, 2.75) is 10.1 Å². The molecule has 0 aliphatic rings. The molecule has 4 nitrogen and oxygen atoms in total. The zero-order chi connectivity index (χ0) is 11.7. The van der Waals surface area contributed by atoms with E-state index in [1.54, 1.807) is 17.3 Å². The van der Waals surface area contributed by atoms with E-state index in [-0.39, 0.29) is 0 Å². The molecule has 0 bridgehead atoms. The fraction of sp³-hybridized carbons (Fsp3) is 0.100. The topological polar surface area (TPSA) is 43.1 Å². The van der Waals surface area contributed by atoms with Gasteiger partial charge in [0.05, 0.1) is 10.7 Å². The second-order valence-corrected chi connectivity index (χ2v) is 5.83. The lowest BCUT2D eigenvalue weighted by Crippen LogP contribution is -1.79. The first-order chi connectivity index (χ1) is 8.31. The molecule has 0 unspecified atom stereocenters. The summed E-state index contributed by atoms with van der Waals surface area (Å²) in [6.45, 7) is 0. The number of thioether (sulfide) groups is 1. The zero-order valence-electron chi connectivity index (χ0n) is 8.58. The quantitative estimate of drug-likeness (QED) is 0.692. The molecule has 0 aliphatic heterocycles. The van der Waals surface area contributed by atoms with Crippen LogP contribution in [-0.4, -0.2) is 19.6 Å². The minimum Gasteiger partial charge on any atom is -0.305 e. The molecular formula is C10H7ClN4S2. The van der Waals surface area contributed by atoms with Crippen molar-refractivity contribution < 1.29 is 0 Å². The van der Waals surface area contributed by atoms with E-state index in [1.807, 2.05) is 28.9 Å². The van der Waals surface area contributed by atoms with Gasteiger partial charge in [-0.15, -0.1) is 10.2 Å². The third-order valence-corrected chi connectivity index (χ3v) is 4.27. The second-order valence-electron chi connectivity index (χ2n) is 3.34. The van der Waals surface area contributed by atoms with E-state index in [0.717, 1.165) is 21.4 Å². The Morgan fingerprint density at radius 3 is 3.12 bits per heavy atom. The Kier molecular flexibility index (Phi) is 3.00. The van der Waals surface area contributed by atoms with Crippen LogP contribution < -0.4 is 0 Å². The highest BCUT2D eigenvalue weighted by atomic mass is 35.5. The molecule has 3 aromatic heterocycles. The normalized spacial score (nSPS) is 11.1. The van der Waals surface area contributed by atoms with Crippen LogP contribution >= 0.6 is 34.7 Å². The van der Waals surface area contributed by atoms with Gasteiger partial charge in [0, 0.05) is 18.1 Å². The van der Waals surface area contributed by atoms with Crippen molar-refractivity contribution in [3.63, 3.8) is 0 Å². The standard InChI is InChI=1S/C10H7ClN4S2/c11-7-1-2-9-13-8(4-15(9)3-7)5-16-10-14-12-6-17-10/h1-4,6H,5H2. The van der Waals surface area contributed by atoms with Gasteiger partial charge in [-0.25, -0.2) is 4.98 Å². The average molecular weight is 283 g/mol. The number of hydrogen-bond donors (Lipinski definition) is 0. The van der Waals surface area contributed by atoms with E-state index >= 15 is 0 Å². The summed E-state index contributed by atoms with van der Waals surface area (Å²) in [4.78, 5) is 4.49. The number of hydrogen-bond acceptors (Lipinski definition) is 5.